The second-order valence-corrected chi connectivity index (χ2v) is 1.67. The van der Waals surface area contributed by atoms with E-state index in [2.05, 4.69) is 10.5 Å². The summed E-state index contributed by atoms with van der Waals surface area (Å²) < 4.78 is 4.25. The van der Waals surface area contributed by atoms with Crippen LogP contribution in [0.5, 0.6) is 0 Å². The number of methoxy groups -OCH3 is 1. The van der Waals surface area contributed by atoms with E-state index in [-0.39, 0.29) is 0 Å². The molecule has 0 bridgehead atoms. The highest BCUT2D eigenvalue weighted by molar-refractivity contribution is 5.52. The van der Waals surface area contributed by atoms with Gasteiger partial charge in [0.25, 0.3) is 0 Å². The second-order valence-electron chi connectivity index (χ2n) is 1.67. The molecule has 0 aliphatic carbocycles. The number of aldehydes is 2. The minimum atomic E-state index is 0.513. The van der Waals surface area contributed by atoms with Crippen molar-refractivity contribution in [1.82, 2.24) is 0 Å². The summed E-state index contributed by atoms with van der Waals surface area (Å²) in [6, 6.07) is 0. The third-order valence-corrected chi connectivity index (χ3v) is 0.644. The third-order valence-electron chi connectivity index (χ3n) is 0.644. The van der Waals surface area contributed by atoms with Crippen LogP contribution in [-0.2, 0) is 14.3 Å². The van der Waals surface area contributed by atoms with E-state index in [1.807, 2.05) is 0 Å². The Hall–Kier alpha value is -0.740. The Labute approximate surface area is 74.1 Å². The summed E-state index contributed by atoms with van der Waals surface area (Å²) in [6.07, 6.45) is 3.37. The Balaban J connectivity index is -0.000000137. The van der Waals surface area contributed by atoms with Crippen molar-refractivity contribution in [3.8, 4) is 0 Å². The van der Waals surface area contributed by atoms with Crippen molar-refractivity contribution in [1.29, 1.82) is 0 Å². The quantitative estimate of drug-likeness (QED) is 0.498. The van der Waals surface area contributed by atoms with Gasteiger partial charge in [-0.2, -0.15) is 0 Å². The Morgan fingerprint density at radius 2 is 1.33 bits per heavy atom. The lowest BCUT2D eigenvalue weighted by Crippen LogP contribution is -1.76. The highest BCUT2D eigenvalue weighted by atomic mass is 16.4. The van der Waals surface area contributed by atoms with E-state index in [1.54, 1.807) is 14.2 Å². The first-order valence-corrected chi connectivity index (χ1v) is 3.68. The third kappa shape index (κ3) is 59.4. The van der Waals surface area contributed by atoms with Crippen LogP contribution in [0, 0.1) is 0 Å². The van der Waals surface area contributed by atoms with Crippen LogP contribution in [0.25, 0.3) is 0 Å². The maximum atomic E-state index is 9.56. The maximum Gasteiger partial charge on any atom is 0.120 e. The molecule has 0 radical (unpaired) electrons. The van der Waals surface area contributed by atoms with E-state index in [1.165, 1.54) is 7.05 Å². The van der Waals surface area contributed by atoms with Crippen LogP contribution < -0.4 is 5.73 Å². The molecule has 4 nitrogen and oxygen atoms in total. The van der Waals surface area contributed by atoms with Crippen LogP contribution in [0.4, 0.5) is 0 Å². The standard InChI is InChI=1S/C5H8O2.C2H6O.CH5N/c6-4-2-1-3-5-7;1-3-2;1-2/h4-5H,1-3H2;1-2H3;2H2,1H3. The number of nitrogens with two attached hydrogens (primary N) is 1. The molecule has 74 valence electrons. The Bertz CT molecular complexity index is 68.7. The topological polar surface area (TPSA) is 69.4 Å². The van der Waals surface area contributed by atoms with Gasteiger partial charge in [-0.1, -0.05) is 0 Å². The predicted octanol–water partition coefficient (Wildman–Crippen LogP) is 0.392. The average Bonchev–Trinajstić information content (AvgIpc) is 2.11. The van der Waals surface area contributed by atoms with Crippen LogP contribution in [0.15, 0.2) is 0 Å². The zero-order chi connectivity index (χ0) is 10.2. The number of ether oxygens (including phenoxy) is 1. The van der Waals surface area contributed by atoms with Crippen LogP contribution >= 0.6 is 0 Å². The molecule has 0 atom stereocenters. The summed E-state index contributed by atoms with van der Waals surface area (Å²) in [5.41, 5.74) is 4.50. The van der Waals surface area contributed by atoms with Gasteiger partial charge in [0.2, 0.25) is 0 Å². The predicted molar refractivity (Wildman–Crippen MR) is 49.0 cm³/mol. The number of carbonyl (C=O) groups excluding carboxylic acids is 2. The zero-order valence-corrected chi connectivity index (χ0v) is 8.08. The van der Waals surface area contributed by atoms with Crippen molar-refractivity contribution in [2.75, 3.05) is 21.3 Å². The Morgan fingerprint density at radius 3 is 1.50 bits per heavy atom. The van der Waals surface area contributed by atoms with E-state index in [4.69, 9.17) is 0 Å². The number of hydrogen-bond acceptors (Lipinski definition) is 4. The molecule has 0 aromatic rings. The molecule has 2 N–H and O–H groups in total. The lowest BCUT2D eigenvalue weighted by molar-refractivity contribution is -0.108. The van der Waals surface area contributed by atoms with E-state index in [9.17, 15) is 9.59 Å². The van der Waals surface area contributed by atoms with E-state index in [0.29, 0.717) is 19.3 Å². The van der Waals surface area contributed by atoms with Gasteiger partial charge in [-0.25, -0.2) is 0 Å². The van der Waals surface area contributed by atoms with Gasteiger partial charge in [-0.15, -0.1) is 0 Å². The van der Waals surface area contributed by atoms with Crippen molar-refractivity contribution in [2.24, 2.45) is 5.73 Å². The molecule has 0 fully saturated rings. The highest BCUT2D eigenvalue weighted by Gasteiger charge is 1.80. The summed E-state index contributed by atoms with van der Waals surface area (Å²) in [5, 5.41) is 0. The molecule has 0 aromatic heterocycles. The lowest BCUT2D eigenvalue weighted by Gasteiger charge is -1.78. The van der Waals surface area contributed by atoms with Gasteiger partial charge < -0.3 is 20.1 Å². The fourth-order valence-electron chi connectivity index (χ4n) is 0.285. The molecular formula is C8H19NO3. The SMILES string of the molecule is CN.COC.O=CCCCC=O. The first-order chi connectivity index (χ1) is 5.83. The number of unbranched alkanes of at least 4 members (excludes halogenated alkanes) is 2. The molecule has 4 heteroatoms. The first-order valence-electron chi connectivity index (χ1n) is 3.68. The molecule has 0 aliphatic rings. The minimum Gasteiger partial charge on any atom is -0.388 e. The van der Waals surface area contributed by atoms with Gasteiger partial charge in [0.1, 0.15) is 12.6 Å². The van der Waals surface area contributed by atoms with Crippen molar-refractivity contribution in [2.45, 2.75) is 19.3 Å². The normalized spacial score (nSPS) is 6.67. The molecule has 0 saturated heterocycles. The van der Waals surface area contributed by atoms with Gasteiger partial charge in [0, 0.05) is 27.1 Å². The molecule has 12 heavy (non-hydrogen) atoms. The maximum absolute atomic E-state index is 9.56. The highest BCUT2D eigenvalue weighted by Crippen LogP contribution is 1.85. The van der Waals surface area contributed by atoms with E-state index >= 15 is 0 Å². The summed E-state index contributed by atoms with van der Waals surface area (Å²) >= 11 is 0. The minimum absolute atomic E-state index is 0.513. The van der Waals surface area contributed by atoms with E-state index < -0.39 is 0 Å². The summed E-state index contributed by atoms with van der Waals surface area (Å²) in [5.74, 6) is 0. The monoisotopic (exact) mass is 177 g/mol. The van der Waals surface area contributed by atoms with Crippen LogP contribution in [-0.4, -0.2) is 33.8 Å². The summed E-state index contributed by atoms with van der Waals surface area (Å²) in [4.78, 5) is 19.1. The van der Waals surface area contributed by atoms with Gasteiger partial charge in [-0.05, 0) is 13.5 Å². The number of hydrogen-bond donors (Lipinski definition) is 1. The molecule has 0 heterocycles. The van der Waals surface area contributed by atoms with Crippen molar-refractivity contribution in [3.63, 3.8) is 0 Å². The van der Waals surface area contributed by atoms with Gasteiger partial charge in [0.05, 0.1) is 0 Å². The second kappa shape index (κ2) is 31.8. The summed E-state index contributed by atoms with van der Waals surface area (Å²) in [6.45, 7) is 0. The smallest absolute Gasteiger partial charge is 0.120 e. The Morgan fingerprint density at radius 1 is 1.08 bits per heavy atom. The van der Waals surface area contributed by atoms with Crippen LogP contribution in [0.1, 0.15) is 19.3 Å². The molecule has 0 saturated carbocycles. The van der Waals surface area contributed by atoms with Gasteiger partial charge in [0.15, 0.2) is 0 Å². The fourth-order valence-corrected chi connectivity index (χ4v) is 0.285. The first kappa shape index (κ1) is 17.4. The van der Waals surface area contributed by atoms with Crippen LogP contribution in [0.2, 0.25) is 0 Å². The molecule has 0 unspecified atom stereocenters. The van der Waals surface area contributed by atoms with Gasteiger partial charge in [-0.3, -0.25) is 0 Å². The van der Waals surface area contributed by atoms with E-state index in [0.717, 1.165) is 12.6 Å². The van der Waals surface area contributed by atoms with Gasteiger partial charge >= 0.3 is 0 Å². The molecule has 0 spiro atoms. The largest absolute Gasteiger partial charge is 0.388 e. The molecule has 0 rings (SSSR count). The van der Waals surface area contributed by atoms with Crippen molar-refractivity contribution in [3.05, 3.63) is 0 Å². The van der Waals surface area contributed by atoms with Crippen molar-refractivity contribution < 1.29 is 14.3 Å². The number of carbonyl (C=O) groups is 2. The van der Waals surface area contributed by atoms with Crippen molar-refractivity contribution >= 4 is 12.6 Å². The van der Waals surface area contributed by atoms with Crippen LogP contribution in [0.3, 0.4) is 0 Å². The molecular weight excluding hydrogens is 158 g/mol. The number of rotatable bonds is 4. The average molecular weight is 177 g/mol. The molecule has 0 amide bonds. The Kier molecular flexibility index (Phi) is 46.0. The summed E-state index contributed by atoms with van der Waals surface area (Å²) in [7, 11) is 4.75. The molecule has 0 aliphatic heterocycles. The fraction of sp³-hybridized carbons (Fsp3) is 0.750. The zero-order valence-electron chi connectivity index (χ0n) is 8.08. The lowest BCUT2D eigenvalue weighted by atomic mass is 10.3. The molecule has 0 aromatic carbocycles.